The molecule has 1 rings (SSSR count). The van der Waals surface area contributed by atoms with Gasteiger partial charge in [-0.15, -0.1) is 13.2 Å². The molecule has 1 N–H and O–H groups in total. The summed E-state index contributed by atoms with van der Waals surface area (Å²) < 4.78 is 43.5. The molecule has 1 aromatic heterocycles. The zero-order chi connectivity index (χ0) is 10.8. The highest BCUT2D eigenvalue weighted by molar-refractivity contribution is 5.36. The average Bonchev–Trinajstić information content (AvgIpc) is 2.01. The molecule has 14 heavy (non-hydrogen) atoms. The molecule has 1 heterocycles. The van der Waals surface area contributed by atoms with Gasteiger partial charge < -0.3 is 14.5 Å². The number of pyridine rings is 1. The third kappa shape index (κ3) is 2.68. The number of nitrogens with one attached hydrogen (secondary N) is 1. The van der Waals surface area contributed by atoms with E-state index in [9.17, 15) is 18.0 Å². The van der Waals surface area contributed by atoms with Gasteiger partial charge in [-0.25, -0.2) is 0 Å². The minimum atomic E-state index is -4.85. The average molecular weight is 209 g/mol. The second kappa shape index (κ2) is 3.60. The van der Waals surface area contributed by atoms with Crippen LogP contribution < -0.4 is 15.0 Å². The Balaban J connectivity index is 3.05. The van der Waals surface area contributed by atoms with Gasteiger partial charge in [0.25, 0.3) is 5.56 Å². The summed E-state index contributed by atoms with van der Waals surface area (Å²) in [5.41, 5.74) is -0.704. The molecule has 0 aromatic carbocycles. The normalized spacial score (nSPS) is 11.1. The van der Waals surface area contributed by atoms with Crippen LogP contribution in [0.1, 0.15) is 0 Å². The Labute approximate surface area is 76.3 Å². The van der Waals surface area contributed by atoms with Crippen molar-refractivity contribution in [2.45, 2.75) is 6.36 Å². The van der Waals surface area contributed by atoms with Crippen molar-refractivity contribution < 1.29 is 22.6 Å². The fourth-order valence-corrected chi connectivity index (χ4v) is 0.804. The minimum Gasteiger partial charge on any atom is -0.491 e. The number of H-pyrrole nitrogens is 1. The monoisotopic (exact) mass is 209 g/mol. The number of ether oxygens (including phenoxy) is 2. The van der Waals surface area contributed by atoms with Gasteiger partial charge in [0.2, 0.25) is 0 Å². The van der Waals surface area contributed by atoms with E-state index in [0.29, 0.717) is 6.07 Å². The molecule has 4 nitrogen and oxygen atoms in total. The lowest BCUT2D eigenvalue weighted by atomic mass is 10.4. The highest BCUT2D eigenvalue weighted by Gasteiger charge is 2.32. The number of methoxy groups -OCH3 is 1. The summed E-state index contributed by atoms with van der Waals surface area (Å²) in [5, 5.41) is 0. The molecular weight excluding hydrogens is 203 g/mol. The van der Waals surface area contributed by atoms with E-state index in [1.54, 1.807) is 0 Å². The Morgan fingerprint density at radius 2 is 2.00 bits per heavy atom. The number of aromatic amines is 1. The molecule has 0 atom stereocenters. The minimum absolute atomic E-state index is 0.193. The molecule has 0 fully saturated rings. The van der Waals surface area contributed by atoms with Gasteiger partial charge >= 0.3 is 6.36 Å². The topological polar surface area (TPSA) is 51.3 Å². The molecule has 0 radical (unpaired) electrons. The Bertz CT molecular complexity index is 371. The Morgan fingerprint density at radius 1 is 1.36 bits per heavy atom. The predicted molar refractivity (Wildman–Crippen MR) is 40.3 cm³/mol. The fraction of sp³-hybridized carbons (Fsp3) is 0.286. The second-order valence-corrected chi connectivity index (χ2v) is 2.28. The number of rotatable bonds is 2. The smallest absolute Gasteiger partial charge is 0.491 e. The summed E-state index contributed by atoms with van der Waals surface area (Å²) in [6.07, 6.45) is -3.86. The SMILES string of the molecule is COc1c[nH]c(=O)cc1OC(F)(F)F. The molecular formula is C7H6F3NO3. The number of hydrogen-bond acceptors (Lipinski definition) is 3. The molecule has 0 amide bonds. The van der Waals surface area contributed by atoms with Crippen molar-refractivity contribution in [2.24, 2.45) is 0 Å². The quantitative estimate of drug-likeness (QED) is 0.798. The number of hydrogen-bond donors (Lipinski definition) is 1. The zero-order valence-electron chi connectivity index (χ0n) is 7.01. The molecule has 0 aliphatic carbocycles. The first kappa shape index (κ1) is 10.4. The third-order valence-electron chi connectivity index (χ3n) is 1.30. The molecule has 0 saturated heterocycles. The van der Waals surface area contributed by atoms with E-state index in [2.05, 4.69) is 14.5 Å². The molecule has 0 unspecified atom stereocenters. The molecule has 0 spiro atoms. The van der Waals surface area contributed by atoms with E-state index in [1.165, 1.54) is 0 Å². The van der Waals surface area contributed by atoms with E-state index in [1.807, 2.05) is 0 Å². The van der Waals surface area contributed by atoms with Crippen LogP contribution in [0.2, 0.25) is 0 Å². The first-order chi connectivity index (χ1) is 6.42. The lowest BCUT2D eigenvalue weighted by Gasteiger charge is -2.11. The zero-order valence-corrected chi connectivity index (χ0v) is 7.01. The van der Waals surface area contributed by atoms with E-state index in [-0.39, 0.29) is 5.75 Å². The van der Waals surface area contributed by atoms with Crippen molar-refractivity contribution in [3.63, 3.8) is 0 Å². The van der Waals surface area contributed by atoms with Crippen LogP contribution in [0.15, 0.2) is 17.1 Å². The fourth-order valence-electron chi connectivity index (χ4n) is 0.804. The first-order valence-electron chi connectivity index (χ1n) is 3.45. The number of aromatic nitrogens is 1. The lowest BCUT2D eigenvalue weighted by Crippen LogP contribution is -2.19. The number of alkyl halides is 3. The van der Waals surface area contributed by atoms with Gasteiger partial charge in [0.15, 0.2) is 11.5 Å². The van der Waals surface area contributed by atoms with Crippen LogP contribution in [0, 0.1) is 0 Å². The Hall–Kier alpha value is -1.66. The van der Waals surface area contributed by atoms with Crippen LogP contribution in [0.5, 0.6) is 11.5 Å². The summed E-state index contributed by atoms with van der Waals surface area (Å²) in [7, 11) is 1.16. The van der Waals surface area contributed by atoms with E-state index in [4.69, 9.17) is 0 Å². The van der Waals surface area contributed by atoms with Crippen LogP contribution in [0.25, 0.3) is 0 Å². The van der Waals surface area contributed by atoms with E-state index < -0.39 is 17.7 Å². The molecule has 7 heteroatoms. The standard InChI is InChI=1S/C7H6F3NO3/c1-13-5-3-11-6(12)2-4(5)14-7(8,9)10/h2-3H,1H3,(H,11,12). The van der Waals surface area contributed by atoms with Crippen molar-refractivity contribution in [2.75, 3.05) is 7.11 Å². The predicted octanol–water partition coefficient (Wildman–Crippen LogP) is 1.28. The van der Waals surface area contributed by atoms with Crippen LogP contribution in [-0.2, 0) is 0 Å². The van der Waals surface area contributed by atoms with Crippen molar-refractivity contribution >= 4 is 0 Å². The van der Waals surface area contributed by atoms with Crippen LogP contribution in [-0.4, -0.2) is 18.5 Å². The Morgan fingerprint density at radius 3 is 2.50 bits per heavy atom. The lowest BCUT2D eigenvalue weighted by molar-refractivity contribution is -0.275. The van der Waals surface area contributed by atoms with Crippen molar-refractivity contribution in [1.29, 1.82) is 0 Å². The van der Waals surface area contributed by atoms with Crippen molar-refractivity contribution in [1.82, 2.24) is 4.98 Å². The Kier molecular flexibility index (Phi) is 2.68. The van der Waals surface area contributed by atoms with Crippen molar-refractivity contribution in [3.8, 4) is 11.5 Å². The summed E-state index contributed by atoms with van der Waals surface area (Å²) in [4.78, 5) is 12.8. The second-order valence-electron chi connectivity index (χ2n) is 2.28. The van der Waals surface area contributed by atoms with Gasteiger partial charge in [-0.3, -0.25) is 4.79 Å². The van der Waals surface area contributed by atoms with Gasteiger partial charge in [0, 0.05) is 6.07 Å². The maximum atomic E-state index is 11.8. The molecule has 0 saturated carbocycles. The summed E-state index contributed by atoms with van der Waals surface area (Å²) in [6.45, 7) is 0. The van der Waals surface area contributed by atoms with Gasteiger partial charge in [-0.05, 0) is 0 Å². The maximum absolute atomic E-state index is 11.8. The molecule has 78 valence electrons. The highest BCUT2D eigenvalue weighted by Crippen LogP contribution is 2.29. The molecule has 1 aromatic rings. The first-order valence-corrected chi connectivity index (χ1v) is 3.45. The van der Waals surface area contributed by atoms with Gasteiger partial charge in [-0.1, -0.05) is 0 Å². The summed E-state index contributed by atoms with van der Waals surface area (Å²) in [5.74, 6) is -0.856. The van der Waals surface area contributed by atoms with Crippen LogP contribution >= 0.6 is 0 Å². The summed E-state index contributed by atoms with van der Waals surface area (Å²) in [6, 6.07) is 0.659. The van der Waals surface area contributed by atoms with Gasteiger partial charge in [0.05, 0.1) is 13.3 Å². The summed E-state index contributed by atoms with van der Waals surface area (Å²) >= 11 is 0. The molecule has 0 aliphatic rings. The van der Waals surface area contributed by atoms with Crippen molar-refractivity contribution in [3.05, 3.63) is 22.6 Å². The maximum Gasteiger partial charge on any atom is 0.573 e. The van der Waals surface area contributed by atoms with Crippen LogP contribution in [0.3, 0.4) is 0 Å². The van der Waals surface area contributed by atoms with Gasteiger partial charge in [-0.2, -0.15) is 0 Å². The highest BCUT2D eigenvalue weighted by atomic mass is 19.4. The number of halogens is 3. The van der Waals surface area contributed by atoms with Gasteiger partial charge in [0.1, 0.15) is 0 Å². The van der Waals surface area contributed by atoms with E-state index in [0.717, 1.165) is 13.3 Å². The molecule has 0 aliphatic heterocycles. The molecule has 0 bridgehead atoms. The van der Waals surface area contributed by atoms with E-state index >= 15 is 0 Å². The largest absolute Gasteiger partial charge is 0.573 e. The van der Waals surface area contributed by atoms with Crippen LogP contribution in [0.4, 0.5) is 13.2 Å². The third-order valence-corrected chi connectivity index (χ3v) is 1.30.